The van der Waals surface area contributed by atoms with Gasteiger partial charge in [0.2, 0.25) is 0 Å². The molecular weight excluding hydrogens is 276 g/mol. The molecule has 1 aromatic carbocycles. The highest BCUT2D eigenvalue weighted by molar-refractivity contribution is 5.87. The molecule has 1 heterocycles. The highest BCUT2D eigenvalue weighted by atomic mass is 16.5. The zero-order valence-electron chi connectivity index (χ0n) is 13.1. The average Bonchev–Trinajstić information content (AvgIpc) is 3.02. The minimum Gasteiger partial charge on any atom is -0.445 e. The van der Waals surface area contributed by atoms with Gasteiger partial charge in [-0.3, -0.25) is 0 Å². The number of esters is 1. The van der Waals surface area contributed by atoms with E-state index in [2.05, 4.69) is 16.8 Å². The van der Waals surface area contributed by atoms with Crippen LogP contribution in [0, 0.1) is 11.8 Å². The third-order valence-corrected chi connectivity index (χ3v) is 3.34. The normalized spacial score (nSPS) is 12.9. The molecule has 0 spiro atoms. The van der Waals surface area contributed by atoms with E-state index in [1.165, 1.54) is 6.20 Å². The van der Waals surface area contributed by atoms with Crippen LogP contribution in [0.15, 0.2) is 42.9 Å². The fraction of sp³-hybridized carbons (Fsp3) is 0.333. The topological polar surface area (TPSA) is 44.1 Å². The van der Waals surface area contributed by atoms with Crippen LogP contribution < -0.4 is 0 Å². The van der Waals surface area contributed by atoms with Crippen molar-refractivity contribution in [3.8, 4) is 11.8 Å². The molecule has 0 fully saturated rings. The summed E-state index contributed by atoms with van der Waals surface area (Å²) in [5.41, 5.74) is 1.54. The molecule has 0 bridgehead atoms. The molecule has 2 atom stereocenters. The molecule has 22 heavy (non-hydrogen) atoms. The van der Waals surface area contributed by atoms with E-state index >= 15 is 0 Å². The maximum Gasteiger partial charge on any atom is 0.357 e. The lowest BCUT2D eigenvalue weighted by molar-refractivity contribution is 0.0424. The second kappa shape index (κ2) is 7.46. The molecule has 0 radical (unpaired) electrons. The van der Waals surface area contributed by atoms with Gasteiger partial charge in [0, 0.05) is 6.42 Å². The zero-order valence-corrected chi connectivity index (χ0v) is 13.1. The van der Waals surface area contributed by atoms with Crippen molar-refractivity contribution in [1.29, 1.82) is 0 Å². The highest BCUT2D eigenvalue weighted by Crippen LogP contribution is 2.20. The van der Waals surface area contributed by atoms with Crippen LogP contribution in [-0.4, -0.2) is 21.6 Å². The fourth-order valence-corrected chi connectivity index (χ4v) is 2.16. The van der Waals surface area contributed by atoms with E-state index in [1.807, 2.05) is 48.7 Å². The van der Waals surface area contributed by atoms with E-state index in [1.54, 1.807) is 13.3 Å². The number of hydrogen-bond donors (Lipinski definition) is 0. The number of hydrogen-bond acceptors (Lipinski definition) is 3. The van der Waals surface area contributed by atoms with Gasteiger partial charge in [0.05, 0.1) is 18.6 Å². The number of carbonyl (C=O) groups excluding carboxylic acids is 1. The first kappa shape index (κ1) is 15.8. The minimum absolute atomic E-state index is 0.00304. The summed E-state index contributed by atoms with van der Waals surface area (Å²) in [5, 5.41) is 0. The first-order chi connectivity index (χ1) is 10.6. The van der Waals surface area contributed by atoms with E-state index in [-0.39, 0.29) is 6.04 Å². The predicted molar refractivity (Wildman–Crippen MR) is 85.4 cm³/mol. The van der Waals surface area contributed by atoms with Gasteiger partial charge >= 0.3 is 5.97 Å². The quantitative estimate of drug-likeness (QED) is 0.641. The number of nitrogens with zero attached hydrogens (tertiary/aromatic N) is 2. The Bertz CT molecular complexity index is 680. The first-order valence-electron chi connectivity index (χ1n) is 7.39. The van der Waals surface area contributed by atoms with Crippen LogP contribution in [0.25, 0.3) is 0 Å². The summed E-state index contributed by atoms with van der Waals surface area (Å²) in [7, 11) is 0. The van der Waals surface area contributed by atoms with E-state index in [0.29, 0.717) is 5.69 Å². The number of imidazole rings is 1. The molecule has 0 aliphatic rings. The highest BCUT2D eigenvalue weighted by Gasteiger charge is 2.19. The number of aromatic nitrogens is 2. The maximum absolute atomic E-state index is 12.3. The van der Waals surface area contributed by atoms with E-state index in [0.717, 1.165) is 12.0 Å². The minimum atomic E-state index is -0.428. The second-order valence-electron chi connectivity index (χ2n) is 5.00. The number of carbonyl (C=O) groups is 1. The summed E-state index contributed by atoms with van der Waals surface area (Å²) >= 11 is 0. The molecule has 1 unspecified atom stereocenters. The lowest BCUT2D eigenvalue weighted by atomic mass is 10.1. The summed E-state index contributed by atoms with van der Waals surface area (Å²) in [6.45, 7) is 5.74. The number of benzene rings is 1. The monoisotopic (exact) mass is 296 g/mol. The van der Waals surface area contributed by atoms with Crippen LogP contribution in [0.3, 0.4) is 0 Å². The molecule has 0 amide bonds. The maximum atomic E-state index is 12.3. The fourth-order valence-electron chi connectivity index (χ4n) is 2.16. The van der Waals surface area contributed by atoms with Crippen molar-refractivity contribution in [3.05, 3.63) is 54.1 Å². The van der Waals surface area contributed by atoms with Gasteiger partial charge in [-0.05, 0) is 19.4 Å². The second-order valence-corrected chi connectivity index (χ2v) is 5.00. The number of ether oxygens (including phenoxy) is 1. The van der Waals surface area contributed by atoms with Crippen molar-refractivity contribution < 1.29 is 9.53 Å². The standard InChI is InChI=1S/C18H20N2O2/c1-4-5-9-14(2)22-18(21)17-12-19-13-20(17)15(3)16-10-7-6-8-11-16/h6-8,10-15H,4H2,1-3H3/t14?,15-/m1/s1. The van der Waals surface area contributed by atoms with Gasteiger partial charge in [-0.2, -0.15) is 0 Å². The SMILES string of the molecule is CCC#CC(C)OC(=O)c1cncn1[C@H](C)c1ccccc1. The van der Waals surface area contributed by atoms with Crippen LogP contribution in [0.2, 0.25) is 0 Å². The van der Waals surface area contributed by atoms with E-state index in [9.17, 15) is 4.79 Å². The Morgan fingerprint density at radius 2 is 2.05 bits per heavy atom. The number of rotatable bonds is 4. The Hall–Kier alpha value is -2.54. The Morgan fingerprint density at radius 1 is 1.32 bits per heavy atom. The van der Waals surface area contributed by atoms with Gasteiger partial charge in [-0.1, -0.05) is 49.1 Å². The van der Waals surface area contributed by atoms with Gasteiger partial charge in [0.25, 0.3) is 0 Å². The first-order valence-corrected chi connectivity index (χ1v) is 7.39. The van der Waals surface area contributed by atoms with Crippen molar-refractivity contribution in [1.82, 2.24) is 9.55 Å². The Balaban J connectivity index is 2.17. The molecule has 2 rings (SSSR count). The third-order valence-electron chi connectivity index (χ3n) is 3.34. The Kier molecular flexibility index (Phi) is 5.37. The van der Waals surface area contributed by atoms with Gasteiger partial charge in [0.1, 0.15) is 5.69 Å². The molecule has 0 N–H and O–H groups in total. The zero-order chi connectivity index (χ0) is 15.9. The van der Waals surface area contributed by atoms with Crippen LogP contribution in [0.5, 0.6) is 0 Å². The van der Waals surface area contributed by atoms with Crippen molar-refractivity contribution in [2.24, 2.45) is 0 Å². The molecule has 1 aromatic heterocycles. The van der Waals surface area contributed by atoms with Crippen molar-refractivity contribution >= 4 is 5.97 Å². The van der Waals surface area contributed by atoms with Crippen LogP contribution in [0.4, 0.5) is 0 Å². The Morgan fingerprint density at radius 3 is 2.73 bits per heavy atom. The smallest absolute Gasteiger partial charge is 0.357 e. The van der Waals surface area contributed by atoms with Gasteiger partial charge in [0.15, 0.2) is 6.10 Å². The summed E-state index contributed by atoms with van der Waals surface area (Å²) < 4.78 is 7.17. The lowest BCUT2D eigenvalue weighted by Crippen LogP contribution is -2.19. The van der Waals surface area contributed by atoms with Gasteiger partial charge in [-0.25, -0.2) is 9.78 Å². The third kappa shape index (κ3) is 3.76. The lowest BCUT2D eigenvalue weighted by Gasteiger charge is -2.17. The molecular formula is C18H20N2O2. The van der Waals surface area contributed by atoms with Crippen LogP contribution in [0.1, 0.15) is 49.3 Å². The molecule has 114 valence electrons. The molecule has 0 aliphatic heterocycles. The molecule has 0 aliphatic carbocycles. The molecule has 4 heteroatoms. The molecule has 2 aromatic rings. The van der Waals surface area contributed by atoms with Gasteiger partial charge in [-0.15, -0.1) is 0 Å². The molecule has 0 saturated carbocycles. The van der Waals surface area contributed by atoms with E-state index in [4.69, 9.17) is 4.74 Å². The summed E-state index contributed by atoms with van der Waals surface area (Å²) in [4.78, 5) is 16.4. The van der Waals surface area contributed by atoms with Crippen LogP contribution in [-0.2, 0) is 4.74 Å². The van der Waals surface area contributed by atoms with E-state index < -0.39 is 12.1 Å². The van der Waals surface area contributed by atoms with Gasteiger partial charge < -0.3 is 9.30 Å². The summed E-state index contributed by atoms with van der Waals surface area (Å²) in [5.74, 6) is 5.39. The predicted octanol–water partition coefficient (Wildman–Crippen LogP) is 3.45. The molecule has 0 saturated heterocycles. The van der Waals surface area contributed by atoms with Crippen molar-refractivity contribution in [2.75, 3.05) is 0 Å². The van der Waals surface area contributed by atoms with Crippen LogP contribution >= 0.6 is 0 Å². The largest absolute Gasteiger partial charge is 0.445 e. The molecule has 4 nitrogen and oxygen atoms in total. The van der Waals surface area contributed by atoms with Crippen molar-refractivity contribution in [3.63, 3.8) is 0 Å². The Labute approximate surface area is 131 Å². The summed E-state index contributed by atoms with van der Waals surface area (Å²) in [6, 6.07) is 9.97. The average molecular weight is 296 g/mol. The summed E-state index contributed by atoms with van der Waals surface area (Å²) in [6.07, 6.45) is 3.49. The van der Waals surface area contributed by atoms with Crippen molar-refractivity contribution in [2.45, 2.75) is 39.3 Å².